The number of carbonyl (C=O) groups excluding carboxylic acids is 2. The van der Waals surface area contributed by atoms with E-state index in [-0.39, 0.29) is 11.8 Å². The first-order chi connectivity index (χ1) is 16.5. The van der Waals surface area contributed by atoms with E-state index < -0.39 is 12.1 Å². The number of aliphatic hydroxyl groups excluding tert-OH is 1. The van der Waals surface area contributed by atoms with Gasteiger partial charge in [0, 0.05) is 20.2 Å². The normalized spacial score (nSPS) is 12.4. The Kier molecular flexibility index (Phi) is 28.6. The van der Waals surface area contributed by atoms with Gasteiger partial charge in [-0.15, -0.1) is 0 Å². The fraction of sp³-hybridized carbons (Fsp3) is 0.913. The van der Waals surface area contributed by atoms with Crippen molar-refractivity contribution in [2.45, 2.75) is 76.3 Å². The summed E-state index contributed by atoms with van der Waals surface area (Å²) < 4.78 is 0. The number of rotatable bonds is 23. The summed E-state index contributed by atoms with van der Waals surface area (Å²) in [5, 5.41) is 19.6. The Balaban J connectivity index is 0. The van der Waals surface area contributed by atoms with Crippen molar-refractivity contribution in [2.24, 2.45) is 22.9 Å². The molecule has 2 atom stereocenters. The van der Waals surface area contributed by atoms with Gasteiger partial charge in [-0.05, 0) is 90.6 Å². The number of nitrogens with one attached hydrogen (secondary N) is 4. The minimum atomic E-state index is -0.428. The van der Waals surface area contributed by atoms with Crippen LogP contribution in [0, 0.1) is 0 Å². The molecule has 0 bridgehead atoms. The Morgan fingerprint density at radius 3 is 1.29 bits per heavy atom. The standard InChI is InChI=1S/C22H50N8O2.CH4O/c23-11-3-1-9-19(25)21(31)29-17-7-15-27-13-5-6-14-28-16-8-18-30-22(32)20(26)10-2-4-12-24;1-2/h19-20,27-28H,1-18,23-26H2,(H,29,31)(H,30,32);2H,1H3. The second-order valence-electron chi connectivity index (χ2n) is 8.28. The highest BCUT2D eigenvalue weighted by atomic mass is 16.2. The molecule has 2 amide bonds. The maximum Gasteiger partial charge on any atom is 0.236 e. The number of unbranched alkanes of at least 4 members (excludes halogenated alkanes) is 3. The van der Waals surface area contributed by atoms with Crippen molar-refractivity contribution in [3.05, 3.63) is 0 Å². The summed E-state index contributed by atoms with van der Waals surface area (Å²) in [5.41, 5.74) is 22.6. The molecule has 0 radical (unpaired) electrons. The SMILES string of the molecule is CO.NCCCCC(N)C(=O)NCCCNCCCCNCCCNC(=O)C(N)CCCCN. The lowest BCUT2D eigenvalue weighted by molar-refractivity contribution is -0.123. The van der Waals surface area contributed by atoms with E-state index in [2.05, 4.69) is 21.3 Å². The average Bonchev–Trinajstić information content (AvgIpc) is 2.85. The molecule has 2 unspecified atom stereocenters. The molecule has 0 spiro atoms. The number of hydrogen-bond donors (Lipinski definition) is 9. The number of nitrogens with two attached hydrogens (primary N) is 4. The zero-order valence-electron chi connectivity index (χ0n) is 21.5. The third-order valence-electron chi connectivity index (χ3n) is 5.23. The summed E-state index contributed by atoms with van der Waals surface area (Å²) in [7, 11) is 1.00. The van der Waals surface area contributed by atoms with Crippen LogP contribution in [0.1, 0.15) is 64.2 Å². The molecule has 34 heavy (non-hydrogen) atoms. The zero-order valence-corrected chi connectivity index (χ0v) is 21.5. The summed E-state index contributed by atoms with van der Waals surface area (Å²) in [5.74, 6) is -0.143. The van der Waals surface area contributed by atoms with Crippen LogP contribution in [0.3, 0.4) is 0 Å². The van der Waals surface area contributed by atoms with Gasteiger partial charge in [-0.1, -0.05) is 12.8 Å². The first kappa shape index (κ1) is 34.8. The molecule has 0 aromatic rings. The maximum absolute atomic E-state index is 11.8. The molecule has 0 aromatic heterocycles. The fourth-order valence-electron chi connectivity index (χ4n) is 3.14. The number of aliphatic hydroxyl groups is 1. The molecule has 0 saturated carbocycles. The zero-order chi connectivity index (χ0) is 25.9. The van der Waals surface area contributed by atoms with Crippen LogP contribution in [0.2, 0.25) is 0 Å². The van der Waals surface area contributed by atoms with Crippen molar-refractivity contribution >= 4 is 11.8 Å². The van der Waals surface area contributed by atoms with Gasteiger partial charge in [0.05, 0.1) is 12.1 Å². The third-order valence-corrected chi connectivity index (χ3v) is 5.23. The summed E-state index contributed by atoms with van der Waals surface area (Å²) in [6.07, 6.45) is 8.95. The lowest BCUT2D eigenvalue weighted by atomic mass is 10.1. The van der Waals surface area contributed by atoms with Gasteiger partial charge in [0.25, 0.3) is 0 Å². The van der Waals surface area contributed by atoms with Crippen molar-refractivity contribution in [1.82, 2.24) is 21.3 Å². The molecular formula is C23H54N8O3. The van der Waals surface area contributed by atoms with E-state index in [0.29, 0.717) is 39.0 Å². The fourth-order valence-corrected chi connectivity index (χ4v) is 3.14. The molecule has 13 N–H and O–H groups in total. The van der Waals surface area contributed by atoms with Gasteiger partial charge < -0.3 is 49.3 Å². The van der Waals surface area contributed by atoms with Gasteiger partial charge in [0.1, 0.15) is 0 Å². The minimum absolute atomic E-state index is 0.0713. The number of carbonyl (C=O) groups is 2. The first-order valence-electron chi connectivity index (χ1n) is 12.9. The molecule has 11 heteroatoms. The van der Waals surface area contributed by atoms with Gasteiger partial charge in [-0.3, -0.25) is 9.59 Å². The van der Waals surface area contributed by atoms with Crippen LogP contribution in [0.5, 0.6) is 0 Å². The smallest absolute Gasteiger partial charge is 0.236 e. The van der Waals surface area contributed by atoms with Crippen LogP contribution in [0.4, 0.5) is 0 Å². The quantitative estimate of drug-likeness (QED) is 0.0761. The number of amides is 2. The maximum atomic E-state index is 11.8. The molecule has 204 valence electrons. The van der Waals surface area contributed by atoms with Crippen molar-refractivity contribution in [2.75, 3.05) is 59.5 Å². The van der Waals surface area contributed by atoms with E-state index in [1.165, 1.54) is 0 Å². The second-order valence-corrected chi connectivity index (χ2v) is 8.28. The highest BCUT2D eigenvalue weighted by Gasteiger charge is 2.12. The molecule has 0 rings (SSSR count). The van der Waals surface area contributed by atoms with Gasteiger partial charge in [-0.2, -0.15) is 0 Å². The predicted octanol–water partition coefficient (Wildman–Crippen LogP) is -1.52. The van der Waals surface area contributed by atoms with Crippen LogP contribution in [0.25, 0.3) is 0 Å². The molecule has 11 nitrogen and oxygen atoms in total. The Hall–Kier alpha value is -1.34. The topological polar surface area (TPSA) is 207 Å². The van der Waals surface area contributed by atoms with Crippen LogP contribution in [0.15, 0.2) is 0 Å². The van der Waals surface area contributed by atoms with E-state index >= 15 is 0 Å². The highest BCUT2D eigenvalue weighted by Crippen LogP contribution is 1.98. The predicted molar refractivity (Wildman–Crippen MR) is 140 cm³/mol. The van der Waals surface area contributed by atoms with Gasteiger partial charge in [0.2, 0.25) is 11.8 Å². The highest BCUT2D eigenvalue weighted by molar-refractivity contribution is 5.81. The largest absolute Gasteiger partial charge is 0.400 e. The van der Waals surface area contributed by atoms with Crippen molar-refractivity contribution in [3.8, 4) is 0 Å². The van der Waals surface area contributed by atoms with Crippen molar-refractivity contribution < 1.29 is 14.7 Å². The van der Waals surface area contributed by atoms with Gasteiger partial charge in [0.15, 0.2) is 0 Å². The lowest BCUT2D eigenvalue weighted by Gasteiger charge is -2.12. The Bertz CT molecular complexity index is 418. The summed E-state index contributed by atoms with van der Waals surface area (Å²) in [4.78, 5) is 23.7. The molecule has 0 aromatic carbocycles. The molecule has 0 heterocycles. The Morgan fingerprint density at radius 1 is 0.588 bits per heavy atom. The Morgan fingerprint density at radius 2 is 0.941 bits per heavy atom. The lowest BCUT2D eigenvalue weighted by Crippen LogP contribution is -2.41. The van der Waals surface area contributed by atoms with E-state index in [4.69, 9.17) is 28.0 Å². The van der Waals surface area contributed by atoms with Crippen LogP contribution < -0.4 is 44.2 Å². The van der Waals surface area contributed by atoms with Gasteiger partial charge >= 0.3 is 0 Å². The average molecular weight is 491 g/mol. The van der Waals surface area contributed by atoms with E-state index in [9.17, 15) is 9.59 Å². The van der Waals surface area contributed by atoms with Crippen LogP contribution in [-0.4, -0.2) is 88.5 Å². The molecule has 0 aliphatic carbocycles. The van der Waals surface area contributed by atoms with E-state index in [1.54, 1.807) is 0 Å². The first-order valence-corrected chi connectivity index (χ1v) is 12.9. The van der Waals surface area contributed by atoms with Crippen molar-refractivity contribution in [1.29, 1.82) is 0 Å². The molecular weight excluding hydrogens is 436 g/mol. The summed E-state index contributed by atoms with van der Waals surface area (Å²) >= 11 is 0. The molecule has 0 saturated heterocycles. The third kappa shape index (κ3) is 23.8. The minimum Gasteiger partial charge on any atom is -0.400 e. The molecule has 0 fully saturated rings. The monoisotopic (exact) mass is 490 g/mol. The number of hydrogen-bond acceptors (Lipinski definition) is 9. The molecule has 0 aliphatic heterocycles. The van der Waals surface area contributed by atoms with E-state index in [0.717, 1.165) is 84.7 Å². The van der Waals surface area contributed by atoms with Crippen molar-refractivity contribution in [3.63, 3.8) is 0 Å². The Labute approximate surface area is 206 Å². The van der Waals surface area contributed by atoms with Crippen LogP contribution in [-0.2, 0) is 9.59 Å². The van der Waals surface area contributed by atoms with E-state index in [1.807, 2.05) is 0 Å². The molecule has 0 aliphatic rings. The van der Waals surface area contributed by atoms with Crippen LogP contribution >= 0.6 is 0 Å². The van der Waals surface area contributed by atoms with Gasteiger partial charge in [-0.25, -0.2) is 0 Å². The summed E-state index contributed by atoms with van der Waals surface area (Å²) in [6, 6.07) is -0.857. The second kappa shape index (κ2) is 27.9. The summed E-state index contributed by atoms with van der Waals surface area (Å²) in [6.45, 7) is 6.26.